The number of rotatable bonds is 6. The number of nitrogens with one attached hydrogen (secondary N) is 2. The molecule has 4 rings (SSSR count). The molecule has 0 spiro atoms. The quantitative estimate of drug-likeness (QED) is 0.526. The highest BCUT2D eigenvalue weighted by Gasteiger charge is 2.26. The second kappa shape index (κ2) is 9.44. The average molecular weight is 432 g/mol. The van der Waals surface area contributed by atoms with Gasteiger partial charge < -0.3 is 20.1 Å². The molecule has 1 amide bonds. The van der Waals surface area contributed by atoms with E-state index in [4.69, 9.17) is 16.1 Å². The van der Waals surface area contributed by atoms with Crippen molar-refractivity contribution >= 4 is 23.5 Å². The maximum atomic E-state index is 12.0. The van der Waals surface area contributed by atoms with E-state index in [0.29, 0.717) is 35.9 Å². The van der Waals surface area contributed by atoms with Crippen LogP contribution in [0.2, 0.25) is 5.02 Å². The van der Waals surface area contributed by atoms with Gasteiger partial charge in [0.2, 0.25) is 17.6 Å². The largest absolute Gasteiger partial charge is 0.352 e. The number of nitrogens with zero attached hydrogens (tertiary/aromatic N) is 5. The monoisotopic (exact) mass is 431 g/mol. The van der Waals surface area contributed by atoms with Crippen molar-refractivity contribution in [2.24, 2.45) is 4.99 Å². The van der Waals surface area contributed by atoms with E-state index in [1.54, 1.807) is 19.2 Å². The zero-order valence-electron chi connectivity index (χ0n) is 17.0. The van der Waals surface area contributed by atoms with Crippen molar-refractivity contribution in [3.8, 4) is 11.4 Å². The minimum absolute atomic E-state index is 0.125. The van der Waals surface area contributed by atoms with Gasteiger partial charge in [-0.2, -0.15) is 4.98 Å². The Morgan fingerprint density at radius 3 is 2.80 bits per heavy atom. The second-order valence-electron chi connectivity index (χ2n) is 7.53. The topological polar surface area (TPSA) is 98.9 Å². The first-order valence-corrected chi connectivity index (χ1v) is 10.5. The van der Waals surface area contributed by atoms with Gasteiger partial charge in [-0.05, 0) is 25.0 Å². The molecule has 10 heteroatoms. The first-order chi connectivity index (χ1) is 14.6. The molecule has 0 atom stereocenters. The van der Waals surface area contributed by atoms with Crippen molar-refractivity contribution in [3.05, 3.63) is 35.2 Å². The Labute approximate surface area is 180 Å². The number of aromatic nitrogens is 2. The highest BCUT2D eigenvalue weighted by Crippen LogP contribution is 2.20. The van der Waals surface area contributed by atoms with Crippen LogP contribution in [0.5, 0.6) is 0 Å². The molecule has 1 aliphatic carbocycles. The summed E-state index contributed by atoms with van der Waals surface area (Å²) in [6.45, 7) is 4.08. The predicted octanol–water partition coefficient (Wildman–Crippen LogP) is 1.36. The van der Waals surface area contributed by atoms with Crippen LogP contribution in [0.25, 0.3) is 11.4 Å². The zero-order valence-corrected chi connectivity index (χ0v) is 17.7. The number of piperazine rings is 1. The van der Waals surface area contributed by atoms with Gasteiger partial charge in [-0.1, -0.05) is 28.9 Å². The number of aliphatic imine (C=N–C) groups is 1. The highest BCUT2D eigenvalue weighted by molar-refractivity contribution is 6.30. The van der Waals surface area contributed by atoms with Gasteiger partial charge in [0.15, 0.2) is 5.96 Å². The molecule has 2 heterocycles. The van der Waals surface area contributed by atoms with Crippen LogP contribution < -0.4 is 10.6 Å². The Balaban J connectivity index is 1.25. The number of guanidine groups is 1. The van der Waals surface area contributed by atoms with E-state index in [1.165, 1.54) is 0 Å². The van der Waals surface area contributed by atoms with Gasteiger partial charge in [0.05, 0.1) is 13.1 Å². The normalized spacial score (nSPS) is 17.8. The molecule has 160 valence electrons. The summed E-state index contributed by atoms with van der Waals surface area (Å²) in [7, 11) is 1.75. The molecular formula is C20H26ClN7O2. The Kier molecular flexibility index (Phi) is 6.49. The third-order valence-corrected chi connectivity index (χ3v) is 5.38. The molecule has 30 heavy (non-hydrogen) atoms. The zero-order chi connectivity index (χ0) is 20.9. The van der Waals surface area contributed by atoms with Crippen LogP contribution in [0.4, 0.5) is 0 Å². The Hall–Kier alpha value is -2.65. The van der Waals surface area contributed by atoms with Gasteiger partial charge in [-0.15, -0.1) is 0 Å². The van der Waals surface area contributed by atoms with Crippen LogP contribution in [0.3, 0.4) is 0 Å². The van der Waals surface area contributed by atoms with E-state index in [2.05, 4.69) is 35.6 Å². The van der Waals surface area contributed by atoms with Crippen molar-refractivity contribution in [2.45, 2.75) is 25.4 Å². The lowest BCUT2D eigenvalue weighted by atomic mass is 10.2. The van der Waals surface area contributed by atoms with Crippen LogP contribution >= 0.6 is 11.6 Å². The molecule has 1 aliphatic heterocycles. The molecule has 1 aromatic heterocycles. The summed E-state index contributed by atoms with van der Waals surface area (Å²) in [5.41, 5.74) is 0.809. The Morgan fingerprint density at radius 1 is 1.30 bits per heavy atom. The molecule has 9 nitrogen and oxygen atoms in total. The van der Waals surface area contributed by atoms with Crippen LogP contribution in [0.15, 0.2) is 33.8 Å². The minimum Gasteiger partial charge on any atom is -0.352 e. The predicted molar refractivity (Wildman–Crippen MR) is 114 cm³/mol. The average Bonchev–Trinajstić information content (AvgIpc) is 3.42. The molecule has 1 saturated carbocycles. The third kappa shape index (κ3) is 5.48. The Bertz CT molecular complexity index is 904. The number of hydrogen-bond acceptors (Lipinski definition) is 6. The van der Waals surface area contributed by atoms with Gasteiger partial charge in [-0.3, -0.25) is 14.7 Å². The second-order valence-corrected chi connectivity index (χ2v) is 7.96. The summed E-state index contributed by atoms with van der Waals surface area (Å²) in [5, 5.41) is 11.0. The van der Waals surface area contributed by atoms with Gasteiger partial charge in [0.25, 0.3) is 0 Å². The third-order valence-electron chi connectivity index (χ3n) is 5.14. The number of carbonyl (C=O) groups excluding carboxylic acids is 1. The number of benzene rings is 1. The van der Waals surface area contributed by atoms with E-state index < -0.39 is 0 Å². The summed E-state index contributed by atoms with van der Waals surface area (Å²) < 4.78 is 5.35. The van der Waals surface area contributed by atoms with E-state index in [0.717, 1.165) is 50.5 Å². The van der Waals surface area contributed by atoms with Crippen molar-refractivity contribution < 1.29 is 9.32 Å². The van der Waals surface area contributed by atoms with Crippen molar-refractivity contribution in [3.63, 3.8) is 0 Å². The molecule has 0 unspecified atom stereocenters. The van der Waals surface area contributed by atoms with Gasteiger partial charge in [0.1, 0.15) is 0 Å². The summed E-state index contributed by atoms with van der Waals surface area (Å²) in [5.74, 6) is 1.88. The van der Waals surface area contributed by atoms with Crippen molar-refractivity contribution in [1.29, 1.82) is 0 Å². The number of carbonyl (C=O) groups is 1. The highest BCUT2D eigenvalue weighted by atomic mass is 35.5. The van der Waals surface area contributed by atoms with E-state index in [9.17, 15) is 4.79 Å². The first kappa shape index (κ1) is 20.6. The molecule has 2 aromatic rings. The maximum absolute atomic E-state index is 12.0. The number of amides is 1. The lowest BCUT2D eigenvalue weighted by Gasteiger charge is -2.36. The van der Waals surface area contributed by atoms with Gasteiger partial charge >= 0.3 is 0 Å². The van der Waals surface area contributed by atoms with Crippen molar-refractivity contribution in [1.82, 2.24) is 30.6 Å². The summed E-state index contributed by atoms with van der Waals surface area (Å²) >= 11 is 6.03. The van der Waals surface area contributed by atoms with Crippen LogP contribution in [-0.4, -0.2) is 77.6 Å². The Morgan fingerprint density at radius 2 is 2.10 bits per heavy atom. The molecule has 0 bridgehead atoms. The molecule has 2 N–H and O–H groups in total. The number of halogens is 1. The molecule has 2 fully saturated rings. The van der Waals surface area contributed by atoms with Crippen LogP contribution in [0.1, 0.15) is 18.7 Å². The first-order valence-electron chi connectivity index (χ1n) is 10.2. The summed E-state index contributed by atoms with van der Waals surface area (Å²) in [6.07, 6.45) is 2.23. The fourth-order valence-electron chi connectivity index (χ4n) is 3.38. The molecule has 2 aliphatic rings. The number of hydrogen-bond donors (Lipinski definition) is 2. The maximum Gasteiger partial charge on any atom is 0.246 e. The van der Waals surface area contributed by atoms with Gasteiger partial charge in [-0.25, -0.2) is 0 Å². The van der Waals surface area contributed by atoms with E-state index in [1.807, 2.05) is 12.1 Å². The van der Waals surface area contributed by atoms with E-state index >= 15 is 0 Å². The van der Waals surface area contributed by atoms with Gasteiger partial charge in [0, 0.05) is 49.9 Å². The molecular weight excluding hydrogens is 406 g/mol. The minimum atomic E-state index is 0.125. The smallest absolute Gasteiger partial charge is 0.246 e. The van der Waals surface area contributed by atoms with Crippen LogP contribution in [-0.2, 0) is 11.3 Å². The lowest BCUT2D eigenvalue weighted by molar-refractivity contribution is -0.122. The standard InChI is InChI=1S/C20H26ClN7O2/c1-22-20(28-9-7-27(8-10-28)13-17(29)24-16-5-6-16)23-12-18-25-19(26-30-18)14-3-2-4-15(21)11-14/h2-4,11,16H,5-10,12-13H2,1H3,(H,22,23)(H,24,29). The summed E-state index contributed by atoms with van der Waals surface area (Å²) in [4.78, 5) is 25.1. The van der Waals surface area contributed by atoms with E-state index in [-0.39, 0.29) is 5.91 Å². The van der Waals surface area contributed by atoms with Crippen molar-refractivity contribution in [2.75, 3.05) is 39.8 Å². The molecule has 1 saturated heterocycles. The lowest BCUT2D eigenvalue weighted by Crippen LogP contribution is -2.54. The molecule has 0 radical (unpaired) electrons. The fraction of sp³-hybridized carbons (Fsp3) is 0.500. The SMILES string of the molecule is CN=C(NCc1nc(-c2cccc(Cl)c2)no1)N1CCN(CC(=O)NC2CC2)CC1. The molecule has 1 aromatic carbocycles. The summed E-state index contributed by atoms with van der Waals surface area (Å²) in [6, 6.07) is 7.75. The fourth-order valence-corrected chi connectivity index (χ4v) is 3.57. The van der Waals surface area contributed by atoms with Crippen LogP contribution in [0, 0.1) is 0 Å².